The van der Waals surface area contributed by atoms with Gasteiger partial charge >= 0.3 is 6.09 Å². The molecular weight excluding hydrogens is 238 g/mol. The Morgan fingerprint density at radius 2 is 2.29 bits per heavy atom. The zero-order valence-corrected chi connectivity index (χ0v) is 10.7. The number of hydrogen-bond donors (Lipinski definition) is 1. The molecule has 5 nitrogen and oxygen atoms in total. The first-order valence-electron chi connectivity index (χ1n) is 5.89. The molecule has 94 valence electrons. The van der Waals surface area contributed by atoms with Crippen LogP contribution in [-0.4, -0.2) is 40.2 Å². The van der Waals surface area contributed by atoms with E-state index in [-0.39, 0.29) is 6.09 Å². The standard InChI is InChI=1S/C11H17N3O2S/c1-2-16-11(15)13-6-3-9(4-7-13)14-8-5-12-10(14)17/h5,8-9H,2-4,6-7H2,1H3,(H,12,17). The third kappa shape index (κ3) is 2.69. The molecule has 0 aromatic carbocycles. The van der Waals surface area contributed by atoms with Gasteiger partial charge in [0.2, 0.25) is 0 Å². The number of carbonyl (C=O) groups excluding carboxylic acids is 1. The molecule has 1 fully saturated rings. The van der Waals surface area contributed by atoms with E-state index in [0.717, 1.165) is 30.7 Å². The molecular formula is C11H17N3O2S. The predicted octanol–water partition coefficient (Wildman–Crippen LogP) is 2.34. The minimum atomic E-state index is -0.205. The molecule has 1 saturated heterocycles. The average Bonchev–Trinajstić information content (AvgIpc) is 2.76. The Morgan fingerprint density at radius 1 is 1.59 bits per heavy atom. The fourth-order valence-electron chi connectivity index (χ4n) is 2.16. The van der Waals surface area contributed by atoms with Gasteiger partial charge in [-0.2, -0.15) is 0 Å². The van der Waals surface area contributed by atoms with Gasteiger partial charge < -0.3 is 19.2 Å². The summed E-state index contributed by atoms with van der Waals surface area (Å²) < 4.78 is 7.80. The quantitative estimate of drug-likeness (QED) is 0.825. The van der Waals surface area contributed by atoms with E-state index in [0.29, 0.717) is 12.6 Å². The smallest absolute Gasteiger partial charge is 0.409 e. The van der Waals surface area contributed by atoms with E-state index in [2.05, 4.69) is 9.55 Å². The predicted molar refractivity (Wildman–Crippen MR) is 66.5 cm³/mol. The van der Waals surface area contributed by atoms with E-state index >= 15 is 0 Å². The average molecular weight is 255 g/mol. The maximum absolute atomic E-state index is 11.5. The molecule has 1 amide bonds. The van der Waals surface area contributed by atoms with Crippen LogP contribution in [0.25, 0.3) is 0 Å². The highest BCUT2D eigenvalue weighted by molar-refractivity contribution is 7.71. The summed E-state index contributed by atoms with van der Waals surface area (Å²) in [7, 11) is 0. The molecule has 0 radical (unpaired) electrons. The number of nitrogens with one attached hydrogen (secondary N) is 1. The van der Waals surface area contributed by atoms with Crippen LogP contribution >= 0.6 is 12.2 Å². The Labute approximate surface area is 105 Å². The number of rotatable bonds is 2. The van der Waals surface area contributed by atoms with Crippen molar-refractivity contribution in [3.8, 4) is 0 Å². The second-order valence-electron chi connectivity index (χ2n) is 4.09. The van der Waals surface area contributed by atoms with Crippen LogP contribution in [0, 0.1) is 4.77 Å². The number of aromatic nitrogens is 2. The van der Waals surface area contributed by atoms with Crippen LogP contribution in [0.15, 0.2) is 12.4 Å². The number of piperidine rings is 1. The van der Waals surface area contributed by atoms with Crippen LogP contribution in [0.5, 0.6) is 0 Å². The topological polar surface area (TPSA) is 50.3 Å². The maximum Gasteiger partial charge on any atom is 0.409 e. The summed E-state index contributed by atoms with van der Waals surface area (Å²) in [5.74, 6) is 0. The van der Waals surface area contributed by atoms with E-state index in [4.69, 9.17) is 17.0 Å². The Kier molecular flexibility index (Phi) is 3.83. The van der Waals surface area contributed by atoms with Gasteiger partial charge in [-0.25, -0.2) is 4.79 Å². The first-order chi connectivity index (χ1) is 8.22. The molecule has 0 aliphatic carbocycles. The van der Waals surface area contributed by atoms with Crippen molar-refractivity contribution in [3.05, 3.63) is 17.2 Å². The van der Waals surface area contributed by atoms with Crippen molar-refractivity contribution in [1.29, 1.82) is 0 Å². The van der Waals surface area contributed by atoms with E-state index in [9.17, 15) is 4.79 Å². The Hall–Kier alpha value is -1.30. The largest absolute Gasteiger partial charge is 0.450 e. The summed E-state index contributed by atoms with van der Waals surface area (Å²) >= 11 is 5.19. The molecule has 17 heavy (non-hydrogen) atoms. The lowest BCUT2D eigenvalue weighted by Crippen LogP contribution is -2.39. The molecule has 1 aromatic heterocycles. The highest BCUT2D eigenvalue weighted by Gasteiger charge is 2.24. The number of imidazole rings is 1. The van der Waals surface area contributed by atoms with Crippen molar-refractivity contribution in [2.75, 3.05) is 19.7 Å². The Morgan fingerprint density at radius 3 is 2.82 bits per heavy atom. The molecule has 1 N–H and O–H groups in total. The molecule has 1 aliphatic heterocycles. The van der Waals surface area contributed by atoms with E-state index < -0.39 is 0 Å². The van der Waals surface area contributed by atoms with Crippen LogP contribution in [0.2, 0.25) is 0 Å². The van der Waals surface area contributed by atoms with Crippen LogP contribution < -0.4 is 0 Å². The molecule has 0 spiro atoms. The highest BCUT2D eigenvalue weighted by atomic mass is 32.1. The van der Waals surface area contributed by atoms with Crippen molar-refractivity contribution >= 4 is 18.3 Å². The molecule has 6 heteroatoms. The first-order valence-corrected chi connectivity index (χ1v) is 6.30. The SMILES string of the molecule is CCOC(=O)N1CCC(n2cc[nH]c2=S)CC1. The summed E-state index contributed by atoms with van der Waals surface area (Å²) in [5.41, 5.74) is 0. The lowest BCUT2D eigenvalue weighted by molar-refractivity contribution is 0.0926. The number of H-pyrrole nitrogens is 1. The third-order valence-corrected chi connectivity index (χ3v) is 3.39. The van der Waals surface area contributed by atoms with Gasteiger partial charge in [0.05, 0.1) is 6.61 Å². The maximum atomic E-state index is 11.5. The van der Waals surface area contributed by atoms with Gasteiger partial charge in [-0.1, -0.05) is 0 Å². The van der Waals surface area contributed by atoms with Crippen molar-refractivity contribution in [1.82, 2.24) is 14.5 Å². The summed E-state index contributed by atoms with van der Waals surface area (Å²) in [6, 6.07) is 0.388. The minimum absolute atomic E-state index is 0.205. The van der Waals surface area contributed by atoms with Crippen molar-refractivity contribution in [3.63, 3.8) is 0 Å². The summed E-state index contributed by atoms with van der Waals surface area (Å²) in [6.45, 7) is 3.72. The molecule has 0 unspecified atom stereocenters. The molecule has 1 aliphatic rings. The monoisotopic (exact) mass is 255 g/mol. The number of hydrogen-bond acceptors (Lipinski definition) is 3. The fraction of sp³-hybridized carbons (Fsp3) is 0.636. The molecule has 2 rings (SSSR count). The van der Waals surface area contributed by atoms with Crippen LogP contribution in [0.4, 0.5) is 4.79 Å². The zero-order chi connectivity index (χ0) is 12.3. The summed E-state index contributed by atoms with van der Waals surface area (Å²) in [6.07, 6.45) is 5.45. The number of carbonyl (C=O) groups is 1. The van der Waals surface area contributed by atoms with Gasteiger partial charge in [0.15, 0.2) is 4.77 Å². The Balaban J connectivity index is 1.92. The molecule has 2 heterocycles. The van der Waals surface area contributed by atoms with Crippen LogP contribution in [-0.2, 0) is 4.74 Å². The van der Waals surface area contributed by atoms with E-state index in [1.807, 2.05) is 19.3 Å². The van der Waals surface area contributed by atoms with E-state index in [1.165, 1.54) is 0 Å². The first kappa shape index (κ1) is 12.2. The number of amides is 1. The fourth-order valence-corrected chi connectivity index (χ4v) is 2.44. The van der Waals surface area contributed by atoms with Gasteiger partial charge in [0.1, 0.15) is 0 Å². The normalized spacial score (nSPS) is 17.1. The second kappa shape index (κ2) is 5.35. The minimum Gasteiger partial charge on any atom is -0.450 e. The molecule has 0 saturated carbocycles. The van der Waals surface area contributed by atoms with Crippen LogP contribution in [0.3, 0.4) is 0 Å². The third-order valence-electron chi connectivity index (χ3n) is 3.06. The lowest BCUT2D eigenvalue weighted by Gasteiger charge is -2.31. The number of likely N-dealkylation sites (tertiary alicyclic amines) is 1. The Bertz CT molecular complexity index is 432. The lowest BCUT2D eigenvalue weighted by atomic mass is 10.1. The molecule has 0 bridgehead atoms. The summed E-state index contributed by atoms with van der Waals surface area (Å²) in [4.78, 5) is 16.3. The number of ether oxygens (including phenoxy) is 1. The van der Waals surface area contributed by atoms with E-state index in [1.54, 1.807) is 4.90 Å². The number of aromatic amines is 1. The number of nitrogens with zero attached hydrogens (tertiary/aromatic N) is 2. The summed E-state index contributed by atoms with van der Waals surface area (Å²) in [5, 5.41) is 0. The van der Waals surface area contributed by atoms with Gasteiger partial charge in [-0.3, -0.25) is 0 Å². The highest BCUT2D eigenvalue weighted by Crippen LogP contribution is 2.22. The second-order valence-corrected chi connectivity index (χ2v) is 4.48. The van der Waals surface area contributed by atoms with Gasteiger partial charge in [0, 0.05) is 31.5 Å². The van der Waals surface area contributed by atoms with Gasteiger partial charge in [0.25, 0.3) is 0 Å². The molecule has 1 aromatic rings. The van der Waals surface area contributed by atoms with Crippen molar-refractivity contribution in [2.24, 2.45) is 0 Å². The van der Waals surface area contributed by atoms with Crippen molar-refractivity contribution < 1.29 is 9.53 Å². The van der Waals surface area contributed by atoms with Crippen LogP contribution in [0.1, 0.15) is 25.8 Å². The van der Waals surface area contributed by atoms with Gasteiger partial charge in [-0.15, -0.1) is 0 Å². The van der Waals surface area contributed by atoms with Crippen molar-refractivity contribution in [2.45, 2.75) is 25.8 Å². The van der Waals surface area contributed by atoms with Gasteiger partial charge in [-0.05, 0) is 32.0 Å². The zero-order valence-electron chi connectivity index (χ0n) is 9.89. The molecule has 0 atom stereocenters.